The molecule has 1 aliphatic rings. The highest BCUT2D eigenvalue weighted by molar-refractivity contribution is 5.33. The van der Waals surface area contributed by atoms with Gasteiger partial charge in [0.15, 0.2) is 0 Å². The van der Waals surface area contributed by atoms with E-state index in [1.54, 1.807) is 0 Å². The Bertz CT molecular complexity index is 396. The molecule has 0 aliphatic carbocycles. The summed E-state index contributed by atoms with van der Waals surface area (Å²) in [6, 6.07) is 6.62. The van der Waals surface area contributed by atoms with E-state index in [0.29, 0.717) is 0 Å². The van der Waals surface area contributed by atoms with E-state index in [1.807, 2.05) is 0 Å². The zero-order valence-electron chi connectivity index (χ0n) is 13.1. The van der Waals surface area contributed by atoms with Crippen LogP contribution in [-0.4, -0.2) is 49.1 Å². The number of benzene rings is 1. The van der Waals surface area contributed by atoms with E-state index in [2.05, 4.69) is 41.8 Å². The third-order valence-electron chi connectivity index (χ3n) is 4.39. The molecular formula is C17H29N3. The first-order valence-corrected chi connectivity index (χ1v) is 7.90. The van der Waals surface area contributed by atoms with Crippen LogP contribution in [0.5, 0.6) is 0 Å². The van der Waals surface area contributed by atoms with Crippen molar-refractivity contribution in [3.05, 3.63) is 34.9 Å². The number of nitrogens with zero attached hydrogens (tertiary/aromatic N) is 2. The summed E-state index contributed by atoms with van der Waals surface area (Å²) in [4.78, 5) is 5.18. The summed E-state index contributed by atoms with van der Waals surface area (Å²) in [6.07, 6.45) is 2.40. The smallest absolute Gasteiger partial charge is 0.0239 e. The lowest BCUT2D eigenvalue weighted by Gasteiger charge is -2.23. The van der Waals surface area contributed by atoms with E-state index in [4.69, 9.17) is 5.73 Å². The summed E-state index contributed by atoms with van der Waals surface area (Å²) in [5.41, 5.74) is 9.98. The Morgan fingerprint density at radius 1 is 1.00 bits per heavy atom. The molecule has 1 aromatic carbocycles. The molecule has 2 rings (SSSR count). The Hall–Kier alpha value is -0.900. The van der Waals surface area contributed by atoms with Gasteiger partial charge in [-0.05, 0) is 69.6 Å². The topological polar surface area (TPSA) is 32.5 Å². The molecule has 1 heterocycles. The lowest BCUT2D eigenvalue weighted by atomic mass is 10.0. The highest BCUT2D eigenvalue weighted by atomic mass is 15.2. The maximum absolute atomic E-state index is 5.61. The maximum Gasteiger partial charge on any atom is 0.0239 e. The third kappa shape index (κ3) is 4.30. The lowest BCUT2D eigenvalue weighted by Crippen LogP contribution is -2.32. The molecule has 3 heteroatoms. The van der Waals surface area contributed by atoms with Gasteiger partial charge < -0.3 is 10.6 Å². The Kier molecular flexibility index (Phi) is 6.02. The van der Waals surface area contributed by atoms with Crippen LogP contribution in [0.25, 0.3) is 0 Å². The minimum absolute atomic E-state index is 0.808. The van der Waals surface area contributed by atoms with Crippen molar-refractivity contribution >= 4 is 0 Å². The fourth-order valence-corrected chi connectivity index (χ4v) is 3.04. The second kappa shape index (κ2) is 7.77. The first-order chi connectivity index (χ1) is 9.70. The van der Waals surface area contributed by atoms with Crippen LogP contribution >= 0.6 is 0 Å². The SMILES string of the molecule is Cc1cccc(C)c1CN1CCCN(CCCN)CC1. The van der Waals surface area contributed by atoms with E-state index in [-0.39, 0.29) is 0 Å². The minimum Gasteiger partial charge on any atom is -0.330 e. The van der Waals surface area contributed by atoms with Crippen LogP contribution < -0.4 is 5.73 Å². The highest BCUT2D eigenvalue weighted by Crippen LogP contribution is 2.17. The predicted molar refractivity (Wildman–Crippen MR) is 85.9 cm³/mol. The standard InChI is InChI=1S/C17H29N3/c1-15-6-3-7-16(2)17(15)14-20-11-5-10-19(12-13-20)9-4-8-18/h3,6-7H,4-5,8-14,18H2,1-2H3. The van der Waals surface area contributed by atoms with Crippen molar-refractivity contribution in [2.75, 3.05) is 39.3 Å². The molecule has 0 spiro atoms. The van der Waals surface area contributed by atoms with Crippen molar-refractivity contribution in [2.24, 2.45) is 5.73 Å². The molecule has 0 aromatic heterocycles. The van der Waals surface area contributed by atoms with Crippen molar-refractivity contribution < 1.29 is 0 Å². The number of aryl methyl sites for hydroxylation is 2. The van der Waals surface area contributed by atoms with Gasteiger partial charge in [0.1, 0.15) is 0 Å². The zero-order chi connectivity index (χ0) is 14.4. The summed E-state index contributed by atoms with van der Waals surface area (Å²) < 4.78 is 0. The fraction of sp³-hybridized carbons (Fsp3) is 0.647. The average molecular weight is 275 g/mol. The van der Waals surface area contributed by atoms with Crippen LogP contribution in [0.3, 0.4) is 0 Å². The van der Waals surface area contributed by atoms with Crippen molar-refractivity contribution in [2.45, 2.75) is 33.2 Å². The molecular weight excluding hydrogens is 246 g/mol. The fourth-order valence-electron chi connectivity index (χ4n) is 3.04. The molecule has 1 saturated heterocycles. The summed E-state index contributed by atoms with van der Waals surface area (Å²) in [7, 11) is 0. The van der Waals surface area contributed by atoms with Gasteiger partial charge in [-0.2, -0.15) is 0 Å². The Labute approximate surface area is 123 Å². The van der Waals surface area contributed by atoms with Crippen molar-refractivity contribution in [1.29, 1.82) is 0 Å². The van der Waals surface area contributed by atoms with Gasteiger partial charge in [-0.1, -0.05) is 18.2 Å². The van der Waals surface area contributed by atoms with Crippen LogP contribution in [0.15, 0.2) is 18.2 Å². The molecule has 1 fully saturated rings. The average Bonchev–Trinajstić information content (AvgIpc) is 2.66. The Balaban J connectivity index is 1.91. The van der Waals surface area contributed by atoms with Crippen molar-refractivity contribution in [3.8, 4) is 0 Å². The quantitative estimate of drug-likeness (QED) is 0.894. The molecule has 3 nitrogen and oxygen atoms in total. The second-order valence-electron chi connectivity index (χ2n) is 5.98. The monoisotopic (exact) mass is 275 g/mol. The Morgan fingerprint density at radius 2 is 1.65 bits per heavy atom. The van der Waals surface area contributed by atoms with Gasteiger partial charge in [-0.15, -0.1) is 0 Å². The summed E-state index contributed by atoms with van der Waals surface area (Å²) in [5.74, 6) is 0. The van der Waals surface area contributed by atoms with Gasteiger partial charge >= 0.3 is 0 Å². The predicted octanol–water partition coefficient (Wildman–Crippen LogP) is 2.16. The molecule has 0 radical (unpaired) electrons. The number of hydrogen-bond acceptors (Lipinski definition) is 3. The number of hydrogen-bond donors (Lipinski definition) is 1. The van der Waals surface area contributed by atoms with E-state index in [0.717, 1.165) is 26.1 Å². The highest BCUT2D eigenvalue weighted by Gasteiger charge is 2.15. The summed E-state index contributed by atoms with van der Waals surface area (Å²) in [6.45, 7) is 12.3. The molecule has 0 atom stereocenters. The molecule has 20 heavy (non-hydrogen) atoms. The summed E-state index contributed by atoms with van der Waals surface area (Å²) in [5, 5.41) is 0. The lowest BCUT2D eigenvalue weighted by molar-refractivity contribution is 0.250. The molecule has 112 valence electrons. The molecule has 0 amide bonds. The van der Waals surface area contributed by atoms with E-state index < -0.39 is 0 Å². The van der Waals surface area contributed by atoms with Gasteiger partial charge in [0.2, 0.25) is 0 Å². The van der Waals surface area contributed by atoms with Crippen molar-refractivity contribution in [3.63, 3.8) is 0 Å². The van der Waals surface area contributed by atoms with Gasteiger partial charge in [0, 0.05) is 19.6 Å². The first-order valence-electron chi connectivity index (χ1n) is 7.90. The molecule has 0 saturated carbocycles. The van der Waals surface area contributed by atoms with Crippen molar-refractivity contribution in [1.82, 2.24) is 9.80 Å². The van der Waals surface area contributed by atoms with Crippen LogP contribution in [0.4, 0.5) is 0 Å². The van der Waals surface area contributed by atoms with E-state index >= 15 is 0 Å². The largest absolute Gasteiger partial charge is 0.330 e. The molecule has 0 bridgehead atoms. The Morgan fingerprint density at radius 3 is 2.35 bits per heavy atom. The third-order valence-corrected chi connectivity index (χ3v) is 4.39. The van der Waals surface area contributed by atoms with Gasteiger partial charge in [-0.25, -0.2) is 0 Å². The summed E-state index contributed by atoms with van der Waals surface area (Å²) >= 11 is 0. The van der Waals surface area contributed by atoms with Crippen LogP contribution in [0.2, 0.25) is 0 Å². The van der Waals surface area contributed by atoms with E-state index in [9.17, 15) is 0 Å². The van der Waals surface area contributed by atoms with Crippen LogP contribution in [-0.2, 0) is 6.54 Å². The normalized spacial score (nSPS) is 18.1. The van der Waals surface area contributed by atoms with Gasteiger partial charge in [0.05, 0.1) is 0 Å². The minimum atomic E-state index is 0.808. The molecule has 2 N–H and O–H groups in total. The molecule has 1 aliphatic heterocycles. The molecule has 0 unspecified atom stereocenters. The zero-order valence-corrected chi connectivity index (χ0v) is 13.1. The van der Waals surface area contributed by atoms with Crippen LogP contribution in [0, 0.1) is 13.8 Å². The first kappa shape index (κ1) is 15.5. The number of nitrogens with two attached hydrogens (primary N) is 1. The maximum atomic E-state index is 5.61. The van der Waals surface area contributed by atoms with Crippen LogP contribution in [0.1, 0.15) is 29.5 Å². The molecule has 1 aromatic rings. The second-order valence-corrected chi connectivity index (χ2v) is 5.98. The van der Waals surface area contributed by atoms with Gasteiger partial charge in [0.25, 0.3) is 0 Å². The van der Waals surface area contributed by atoms with Gasteiger partial charge in [-0.3, -0.25) is 4.90 Å². The number of rotatable bonds is 5. The van der Waals surface area contributed by atoms with E-state index in [1.165, 1.54) is 49.3 Å².